The van der Waals surface area contributed by atoms with E-state index in [9.17, 15) is 18.0 Å². The van der Waals surface area contributed by atoms with E-state index in [-0.39, 0.29) is 11.3 Å². The van der Waals surface area contributed by atoms with E-state index in [4.69, 9.17) is 0 Å². The second kappa shape index (κ2) is 5.81. The van der Waals surface area contributed by atoms with Gasteiger partial charge in [0, 0.05) is 10.6 Å². The molecule has 0 spiro atoms. The van der Waals surface area contributed by atoms with Crippen LogP contribution in [-0.2, 0) is 6.18 Å². The van der Waals surface area contributed by atoms with E-state index in [1.165, 1.54) is 19.1 Å². The second-order valence-corrected chi connectivity index (χ2v) is 4.98. The summed E-state index contributed by atoms with van der Waals surface area (Å²) in [7, 11) is 0. The number of rotatable bonds is 2. The fraction of sp³-hybridized carbons (Fsp3) is 0.133. The minimum Gasteiger partial charge on any atom is -0.322 e. The van der Waals surface area contributed by atoms with Gasteiger partial charge in [0.2, 0.25) is 0 Å². The number of nitrogens with one attached hydrogen (secondary N) is 1. The van der Waals surface area contributed by atoms with Crippen molar-refractivity contribution >= 4 is 24.2 Å². The van der Waals surface area contributed by atoms with E-state index >= 15 is 0 Å². The quantitative estimate of drug-likeness (QED) is 0.783. The van der Waals surface area contributed by atoms with Crippen LogP contribution in [0, 0.1) is 6.92 Å². The number of amides is 1. The highest BCUT2D eigenvalue weighted by molar-refractivity contribution is 7.80. The molecule has 0 bridgehead atoms. The van der Waals surface area contributed by atoms with Crippen LogP contribution in [0.5, 0.6) is 0 Å². The minimum absolute atomic E-state index is 0.0921. The maximum atomic E-state index is 12.8. The van der Waals surface area contributed by atoms with Crippen LogP contribution in [0.3, 0.4) is 0 Å². The van der Waals surface area contributed by atoms with Crippen LogP contribution in [0.4, 0.5) is 18.9 Å². The summed E-state index contributed by atoms with van der Waals surface area (Å²) in [6.45, 7) is 1.37. The van der Waals surface area contributed by atoms with Crippen molar-refractivity contribution in [2.75, 3.05) is 5.32 Å². The first kappa shape index (κ1) is 15.4. The lowest BCUT2D eigenvalue weighted by Gasteiger charge is -2.13. The molecule has 110 valence electrons. The smallest absolute Gasteiger partial charge is 0.322 e. The number of hydrogen-bond acceptors (Lipinski definition) is 2. The lowest BCUT2D eigenvalue weighted by Crippen LogP contribution is -2.14. The molecule has 2 aromatic carbocycles. The fourth-order valence-electron chi connectivity index (χ4n) is 1.87. The van der Waals surface area contributed by atoms with Gasteiger partial charge in [-0.15, -0.1) is 12.6 Å². The molecule has 0 aliphatic heterocycles. The Morgan fingerprint density at radius 3 is 2.43 bits per heavy atom. The first-order chi connectivity index (χ1) is 9.79. The zero-order chi connectivity index (χ0) is 15.6. The Bertz CT molecular complexity index is 683. The van der Waals surface area contributed by atoms with Gasteiger partial charge in [-0.2, -0.15) is 13.2 Å². The standard InChI is InChI=1S/C15H12F3NOS/c1-9-6-7-10(8-12(9)15(16,17)18)19-14(20)11-4-2-3-5-13(11)21/h2-8,21H,1H3,(H,19,20). The molecule has 0 heterocycles. The van der Waals surface area contributed by atoms with Crippen molar-refractivity contribution in [2.45, 2.75) is 18.0 Å². The summed E-state index contributed by atoms with van der Waals surface area (Å²) in [5, 5.41) is 2.45. The van der Waals surface area contributed by atoms with Gasteiger partial charge in [0.05, 0.1) is 11.1 Å². The third-order valence-electron chi connectivity index (χ3n) is 2.95. The molecule has 2 rings (SSSR count). The molecule has 1 amide bonds. The Labute approximate surface area is 125 Å². The predicted molar refractivity (Wildman–Crippen MR) is 77.8 cm³/mol. The molecule has 0 aliphatic carbocycles. The molecule has 0 saturated heterocycles. The summed E-state index contributed by atoms with van der Waals surface area (Å²) < 4.78 is 38.5. The van der Waals surface area contributed by atoms with Crippen LogP contribution < -0.4 is 5.32 Å². The Morgan fingerprint density at radius 1 is 1.14 bits per heavy atom. The Balaban J connectivity index is 2.29. The number of thiol groups is 1. The summed E-state index contributed by atoms with van der Waals surface area (Å²) in [5.41, 5.74) is -0.265. The number of hydrogen-bond donors (Lipinski definition) is 2. The number of halogens is 3. The summed E-state index contributed by atoms with van der Waals surface area (Å²) in [6, 6.07) is 10.2. The molecule has 0 unspecified atom stereocenters. The Kier molecular flexibility index (Phi) is 4.27. The van der Waals surface area contributed by atoms with Gasteiger partial charge < -0.3 is 5.32 Å². The maximum Gasteiger partial charge on any atom is 0.416 e. The Hall–Kier alpha value is -1.95. The average Bonchev–Trinajstić information content (AvgIpc) is 2.40. The summed E-state index contributed by atoms with van der Waals surface area (Å²) in [4.78, 5) is 12.5. The van der Waals surface area contributed by atoms with Gasteiger partial charge in [0.15, 0.2) is 0 Å². The molecule has 2 nitrogen and oxygen atoms in total. The molecule has 0 atom stereocenters. The molecule has 0 saturated carbocycles. The second-order valence-electron chi connectivity index (χ2n) is 4.50. The van der Waals surface area contributed by atoms with Crippen molar-refractivity contribution in [1.29, 1.82) is 0 Å². The van der Waals surface area contributed by atoms with Gasteiger partial charge in [0.1, 0.15) is 0 Å². The highest BCUT2D eigenvalue weighted by Crippen LogP contribution is 2.33. The normalized spacial score (nSPS) is 11.3. The molecular formula is C15H12F3NOS. The van der Waals surface area contributed by atoms with Gasteiger partial charge in [-0.05, 0) is 36.8 Å². The van der Waals surface area contributed by atoms with E-state index in [0.717, 1.165) is 6.07 Å². The number of benzene rings is 2. The van der Waals surface area contributed by atoms with Gasteiger partial charge in [-0.3, -0.25) is 4.79 Å². The number of anilines is 1. The van der Waals surface area contributed by atoms with Crippen LogP contribution in [-0.4, -0.2) is 5.91 Å². The molecule has 6 heteroatoms. The van der Waals surface area contributed by atoms with Crippen LogP contribution in [0.15, 0.2) is 47.4 Å². The third-order valence-corrected chi connectivity index (χ3v) is 3.34. The van der Waals surface area contributed by atoms with Crippen molar-refractivity contribution in [3.63, 3.8) is 0 Å². The summed E-state index contributed by atoms with van der Waals surface area (Å²) >= 11 is 4.15. The molecule has 0 aromatic heterocycles. The third kappa shape index (κ3) is 3.58. The zero-order valence-electron chi connectivity index (χ0n) is 11.0. The van der Waals surface area contributed by atoms with E-state index in [1.807, 2.05) is 0 Å². The van der Waals surface area contributed by atoms with Crippen molar-refractivity contribution in [1.82, 2.24) is 0 Å². The predicted octanol–water partition coefficient (Wildman–Crippen LogP) is 4.55. The number of carbonyl (C=O) groups excluding carboxylic acids is 1. The number of alkyl halides is 3. The number of aryl methyl sites for hydroxylation is 1. The highest BCUT2D eigenvalue weighted by atomic mass is 32.1. The van der Waals surface area contributed by atoms with Gasteiger partial charge in [-0.1, -0.05) is 18.2 Å². The van der Waals surface area contributed by atoms with Gasteiger partial charge in [0.25, 0.3) is 5.91 Å². The van der Waals surface area contributed by atoms with Crippen molar-refractivity contribution in [3.05, 3.63) is 59.2 Å². The van der Waals surface area contributed by atoms with Crippen molar-refractivity contribution in [2.24, 2.45) is 0 Å². The average molecular weight is 311 g/mol. The van der Waals surface area contributed by atoms with E-state index < -0.39 is 17.6 Å². The van der Waals surface area contributed by atoms with Crippen LogP contribution in [0.2, 0.25) is 0 Å². The monoisotopic (exact) mass is 311 g/mol. The topological polar surface area (TPSA) is 29.1 Å². The zero-order valence-corrected chi connectivity index (χ0v) is 11.9. The largest absolute Gasteiger partial charge is 0.416 e. The number of carbonyl (C=O) groups is 1. The van der Waals surface area contributed by atoms with E-state index in [0.29, 0.717) is 10.5 Å². The first-order valence-electron chi connectivity index (χ1n) is 6.06. The molecule has 21 heavy (non-hydrogen) atoms. The molecule has 2 aromatic rings. The highest BCUT2D eigenvalue weighted by Gasteiger charge is 2.32. The van der Waals surface area contributed by atoms with Crippen LogP contribution in [0.1, 0.15) is 21.5 Å². The molecule has 0 radical (unpaired) electrons. The lowest BCUT2D eigenvalue weighted by atomic mass is 10.1. The lowest BCUT2D eigenvalue weighted by molar-refractivity contribution is -0.138. The van der Waals surface area contributed by atoms with Gasteiger partial charge >= 0.3 is 6.18 Å². The van der Waals surface area contributed by atoms with Crippen LogP contribution >= 0.6 is 12.6 Å². The van der Waals surface area contributed by atoms with Crippen molar-refractivity contribution < 1.29 is 18.0 Å². The maximum absolute atomic E-state index is 12.8. The molecule has 0 aliphatic rings. The molecular weight excluding hydrogens is 299 g/mol. The van der Waals surface area contributed by atoms with Gasteiger partial charge in [-0.25, -0.2) is 0 Å². The van der Waals surface area contributed by atoms with Crippen molar-refractivity contribution in [3.8, 4) is 0 Å². The fourth-order valence-corrected chi connectivity index (χ4v) is 2.13. The summed E-state index contributed by atoms with van der Waals surface area (Å²) in [6.07, 6.45) is -4.45. The Morgan fingerprint density at radius 2 is 1.81 bits per heavy atom. The minimum atomic E-state index is -4.45. The molecule has 0 fully saturated rings. The molecule has 1 N–H and O–H groups in total. The summed E-state index contributed by atoms with van der Waals surface area (Å²) in [5.74, 6) is -0.502. The first-order valence-corrected chi connectivity index (χ1v) is 6.51. The SMILES string of the molecule is Cc1ccc(NC(=O)c2ccccc2S)cc1C(F)(F)F. The van der Waals surface area contributed by atoms with Crippen LogP contribution in [0.25, 0.3) is 0 Å². The van der Waals surface area contributed by atoms with E-state index in [1.54, 1.807) is 24.3 Å². The van der Waals surface area contributed by atoms with E-state index in [2.05, 4.69) is 17.9 Å².